The van der Waals surface area contributed by atoms with Gasteiger partial charge in [-0.1, -0.05) is 69.7 Å². The predicted octanol–water partition coefficient (Wildman–Crippen LogP) is 4.50. The number of hydrogen-bond donors (Lipinski definition) is 2. The van der Waals surface area contributed by atoms with E-state index >= 15 is 0 Å². The van der Waals surface area contributed by atoms with Crippen molar-refractivity contribution in [2.45, 2.75) is 108 Å². The molecule has 5 aliphatic rings. The average molecular weight is 520 g/mol. The van der Waals surface area contributed by atoms with Gasteiger partial charge >= 0.3 is 0 Å². The monoisotopic (exact) mass is 519 g/mol. The third-order valence-electron chi connectivity index (χ3n) is 9.81. The van der Waals surface area contributed by atoms with Crippen LogP contribution in [-0.2, 0) is 19.1 Å². The number of nitrogens with zero attached hydrogens (tertiary/aromatic N) is 1. The second kappa shape index (κ2) is 10.1. The van der Waals surface area contributed by atoms with Crippen molar-refractivity contribution in [3.63, 3.8) is 0 Å². The van der Waals surface area contributed by atoms with Gasteiger partial charge in [0.1, 0.15) is 11.6 Å². The first-order valence-corrected chi connectivity index (χ1v) is 14.8. The van der Waals surface area contributed by atoms with Crippen LogP contribution >= 0.6 is 0 Å². The van der Waals surface area contributed by atoms with Crippen molar-refractivity contribution in [2.24, 2.45) is 17.8 Å². The third-order valence-corrected chi connectivity index (χ3v) is 9.81. The summed E-state index contributed by atoms with van der Waals surface area (Å²) in [4.78, 5) is 44.0. The molecular weight excluding hydrogens is 478 g/mol. The van der Waals surface area contributed by atoms with Crippen LogP contribution in [0.5, 0.6) is 0 Å². The number of fused-ring (bicyclic) bond motifs is 1. The highest BCUT2D eigenvalue weighted by Gasteiger charge is 2.73. The van der Waals surface area contributed by atoms with E-state index in [0.29, 0.717) is 11.6 Å². The zero-order valence-electron chi connectivity index (χ0n) is 22.7. The molecule has 204 valence electrons. The van der Waals surface area contributed by atoms with Gasteiger partial charge in [0, 0.05) is 17.8 Å². The summed E-state index contributed by atoms with van der Waals surface area (Å²) in [5.41, 5.74) is 0.668. The highest BCUT2D eigenvalue weighted by molar-refractivity contribution is 6.03. The van der Waals surface area contributed by atoms with Crippen LogP contribution in [0.4, 0.5) is 5.69 Å². The van der Waals surface area contributed by atoms with Crippen LogP contribution in [0.15, 0.2) is 36.4 Å². The molecule has 4 fully saturated rings. The number of ether oxygens (including phenoxy) is 1. The Hall–Kier alpha value is -2.67. The highest BCUT2D eigenvalue weighted by atomic mass is 16.5. The van der Waals surface area contributed by atoms with Gasteiger partial charge < -0.3 is 20.3 Å². The second-order valence-electron chi connectivity index (χ2n) is 12.3. The first kappa shape index (κ1) is 25.6. The van der Waals surface area contributed by atoms with Crippen molar-refractivity contribution in [3.05, 3.63) is 42.0 Å². The minimum atomic E-state index is -1.09. The van der Waals surface area contributed by atoms with Crippen molar-refractivity contribution in [1.82, 2.24) is 10.2 Å². The number of aryl methyl sites for hydroxylation is 1. The Morgan fingerprint density at radius 2 is 1.74 bits per heavy atom. The molecule has 2 saturated carbocycles. The number of carbonyl (C=O) groups excluding carboxylic acids is 3. The summed E-state index contributed by atoms with van der Waals surface area (Å²) in [6.07, 6.45) is 13.9. The fourth-order valence-corrected chi connectivity index (χ4v) is 7.88. The minimum absolute atomic E-state index is 0.000962. The lowest BCUT2D eigenvalue weighted by molar-refractivity contribution is -0.144. The molecule has 2 saturated heterocycles. The molecule has 1 aromatic rings. The Balaban J connectivity index is 1.33. The molecule has 7 atom stereocenters. The van der Waals surface area contributed by atoms with Crippen molar-refractivity contribution < 1.29 is 19.1 Å². The van der Waals surface area contributed by atoms with Gasteiger partial charge in [0.05, 0.1) is 17.9 Å². The number of rotatable bonds is 5. The van der Waals surface area contributed by atoms with Gasteiger partial charge in [0.2, 0.25) is 17.7 Å². The standard InChI is InChI=1S/C31H41N3O4/c1-19-10-9-12-21(18-19)32-28(35)25-24-16-17-31(38-24)26(25)30(37)34(22-13-5-3-4-6-14-22)27(31)29(36)33-23-15-8-7-11-20(23)2/h9-10,12,16-18,20,22-27H,3-8,11,13-15H2,1-2H3,(H,32,35)(H,33,36). The molecular formula is C31H41N3O4. The summed E-state index contributed by atoms with van der Waals surface area (Å²) in [7, 11) is 0. The molecule has 1 spiro atoms. The Bertz CT molecular complexity index is 1130. The number of amides is 3. The third kappa shape index (κ3) is 4.27. The van der Waals surface area contributed by atoms with Crippen LogP contribution in [0.2, 0.25) is 0 Å². The Morgan fingerprint density at radius 1 is 1.00 bits per heavy atom. The van der Waals surface area contributed by atoms with E-state index in [2.05, 4.69) is 17.6 Å². The van der Waals surface area contributed by atoms with Gasteiger partial charge in [-0.15, -0.1) is 0 Å². The first-order valence-electron chi connectivity index (χ1n) is 14.8. The number of benzene rings is 1. The quantitative estimate of drug-likeness (QED) is 0.443. The Morgan fingerprint density at radius 3 is 2.47 bits per heavy atom. The lowest BCUT2D eigenvalue weighted by atomic mass is 9.74. The highest BCUT2D eigenvalue weighted by Crippen LogP contribution is 2.56. The number of nitrogens with one attached hydrogen (secondary N) is 2. The lowest BCUT2D eigenvalue weighted by Gasteiger charge is -2.38. The number of carbonyl (C=O) groups is 3. The molecule has 3 aliphatic heterocycles. The van der Waals surface area contributed by atoms with Crippen molar-refractivity contribution in [2.75, 3.05) is 5.32 Å². The zero-order chi connectivity index (χ0) is 26.4. The summed E-state index contributed by atoms with van der Waals surface area (Å²) in [6, 6.07) is 7.05. The van der Waals surface area contributed by atoms with E-state index in [4.69, 9.17) is 4.74 Å². The Labute approximate surface area is 225 Å². The lowest BCUT2D eigenvalue weighted by Crippen LogP contribution is -2.59. The van der Waals surface area contributed by atoms with Gasteiger partial charge in [-0.2, -0.15) is 0 Å². The van der Waals surface area contributed by atoms with Crippen LogP contribution in [-0.4, -0.2) is 52.5 Å². The fourth-order valence-electron chi connectivity index (χ4n) is 7.88. The van der Waals surface area contributed by atoms with Gasteiger partial charge in [0.15, 0.2) is 0 Å². The SMILES string of the molecule is Cc1cccc(NC(=O)C2C3C=CC4(O3)C2C(=O)N(C2CCCCCC2)C4C(=O)NC2CCCCC2C)c1. The summed E-state index contributed by atoms with van der Waals surface area (Å²) in [5, 5.41) is 6.38. The fraction of sp³-hybridized carbons (Fsp3) is 0.645. The van der Waals surface area contributed by atoms with Crippen LogP contribution in [0.1, 0.15) is 76.7 Å². The average Bonchev–Trinajstić information content (AvgIpc) is 3.44. The maximum atomic E-state index is 14.3. The van der Waals surface area contributed by atoms with Crippen molar-refractivity contribution >= 4 is 23.4 Å². The van der Waals surface area contributed by atoms with E-state index in [0.717, 1.165) is 63.4 Å². The molecule has 1 aromatic carbocycles. The molecule has 7 heteroatoms. The Kier molecular flexibility index (Phi) is 6.83. The van der Waals surface area contributed by atoms with E-state index in [-0.39, 0.29) is 29.8 Å². The maximum Gasteiger partial charge on any atom is 0.246 e. The van der Waals surface area contributed by atoms with E-state index in [1.165, 1.54) is 6.42 Å². The molecule has 38 heavy (non-hydrogen) atoms. The molecule has 6 rings (SSSR count). The molecule has 0 aromatic heterocycles. The molecule has 3 heterocycles. The summed E-state index contributed by atoms with van der Waals surface area (Å²) in [6.45, 7) is 4.19. The smallest absolute Gasteiger partial charge is 0.246 e. The van der Waals surface area contributed by atoms with E-state index in [9.17, 15) is 14.4 Å². The van der Waals surface area contributed by atoms with Gasteiger partial charge in [-0.05, 0) is 56.2 Å². The van der Waals surface area contributed by atoms with Crippen LogP contribution < -0.4 is 10.6 Å². The number of anilines is 1. The van der Waals surface area contributed by atoms with E-state index < -0.39 is 29.6 Å². The summed E-state index contributed by atoms with van der Waals surface area (Å²) >= 11 is 0. The molecule has 0 radical (unpaired) electrons. The van der Waals surface area contributed by atoms with Gasteiger partial charge in [-0.25, -0.2) is 0 Å². The van der Waals surface area contributed by atoms with E-state index in [1.54, 1.807) is 0 Å². The molecule has 2 bridgehead atoms. The number of likely N-dealkylation sites (tertiary alicyclic amines) is 1. The normalized spacial score (nSPS) is 36.7. The summed E-state index contributed by atoms with van der Waals surface area (Å²) in [5.74, 6) is -1.36. The van der Waals surface area contributed by atoms with Crippen LogP contribution in [0, 0.1) is 24.7 Å². The number of hydrogen-bond acceptors (Lipinski definition) is 4. The van der Waals surface area contributed by atoms with E-state index in [1.807, 2.05) is 48.2 Å². The van der Waals surface area contributed by atoms with Gasteiger partial charge in [0.25, 0.3) is 0 Å². The van der Waals surface area contributed by atoms with Crippen LogP contribution in [0.25, 0.3) is 0 Å². The second-order valence-corrected chi connectivity index (χ2v) is 12.3. The summed E-state index contributed by atoms with van der Waals surface area (Å²) < 4.78 is 6.56. The molecule has 2 aliphatic carbocycles. The maximum absolute atomic E-state index is 14.3. The predicted molar refractivity (Wildman–Crippen MR) is 145 cm³/mol. The van der Waals surface area contributed by atoms with Crippen molar-refractivity contribution in [1.29, 1.82) is 0 Å². The molecule has 3 amide bonds. The molecule has 7 nitrogen and oxygen atoms in total. The largest absolute Gasteiger partial charge is 0.359 e. The topological polar surface area (TPSA) is 87.7 Å². The van der Waals surface area contributed by atoms with Crippen molar-refractivity contribution in [3.8, 4) is 0 Å². The zero-order valence-corrected chi connectivity index (χ0v) is 22.7. The first-order chi connectivity index (χ1) is 18.4. The van der Waals surface area contributed by atoms with Crippen LogP contribution in [0.3, 0.4) is 0 Å². The van der Waals surface area contributed by atoms with Gasteiger partial charge in [-0.3, -0.25) is 14.4 Å². The minimum Gasteiger partial charge on any atom is -0.359 e. The molecule has 7 unspecified atom stereocenters. The molecule has 2 N–H and O–H groups in total.